The quantitative estimate of drug-likeness (QED) is 0.276. The van der Waals surface area contributed by atoms with Crippen molar-refractivity contribution in [1.29, 1.82) is 0 Å². The molecule has 0 fully saturated rings. The number of nitrogens with one attached hydrogen (secondary N) is 2. The number of hydrogen-bond donors (Lipinski definition) is 2. The number of aryl methyl sites for hydroxylation is 1. The van der Waals surface area contributed by atoms with Gasteiger partial charge in [0, 0.05) is 10.2 Å². The summed E-state index contributed by atoms with van der Waals surface area (Å²) in [5, 5.41) is 23.5. The average molecular weight is 574 g/mol. The van der Waals surface area contributed by atoms with Crippen LogP contribution in [0.4, 0.5) is 5.13 Å². The number of carbonyl (C=O) groups excluding carboxylic acids is 2. The summed E-state index contributed by atoms with van der Waals surface area (Å²) in [4.78, 5) is 24.7. The fraction of sp³-hybridized carbons (Fsp3) is 0.182. The lowest BCUT2D eigenvalue weighted by Crippen LogP contribution is -2.29. The second kappa shape index (κ2) is 11.9. The van der Waals surface area contributed by atoms with E-state index < -0.39 is 0 Å². The van der Waals surface area contributed by atoms with E-state index in [2.05, 4.69) is 47.0 Å². The lowest BCUT2D eigenvalue weighted by Gasteiger charge is -2.11. The first kappa shape index (κ1) is 24.8. The van der Waals surface area contributed by atoms with Crippen LogP contribution in [0.1, 0.15) is 10.8 Å². The molecule has 180 valence electrons. The molecule has 2 aromatic heterocycles. The zero-order valence-corrected chi connectivity index (χ0v) is 21.7. The predicted molar refractivity (Wildman–Crippen MR) is 137 cm³/mol. The molecule has 0 saturated heterocycles. The van der Waals surface area contributed by atoms with E-state index in [0.29, 0.717) is 21.9 Å². The fourth-order valence-electron chi connectivity index (χ4n) is 2.88. The van der Waals surface area contributed by atoms with Crippen molar-refractivity contribution < 1.29 is 14.3 Å². The average Bonchev–Trinajstić information content (AvgIpc) is 3.46. The van der Waals surface area contributed by atoms with Crippen molar-refractivity contribution >= 4 is 56.0 Å². The largest absolute Gasteiger partial charge is 0.484 e. The Labute approximate surface area is 217 Å². The smallest absolute Gasteiger partial charge is 0.258 e. The van der Waals surface area contributed by atoms with Crippen LogP contribution in [0.3, 0.4) is 0 Å². The molecule has 2 amide bonds. The van der Waals surface area contributed by atoms with Gasteiger partial charge in [-0.2, -0.15) is 0 Å². The summed E-state index contributed by atoms with van der Waals surface area (Å²) < 4.78 is 8.21. The van der Waals surface area contributed by atoms with Gasteiger partial charge in [-0.1, -0.05) is 57.2 Å². The highest BCUT2D eigenvalue weighted by Gasteiger charge is 2.17. The van der Waals surface area contributed by atoms with Crippen molar-refractivity contribution in [3.05, 3.63) is 69.9 Å². The van der Waals surface area contributed by atoms with E-state index in [4.69, 9.17) is 4.74 Å². The second-order valence-corrected chi connectivity index (χ2v) is 10.1. The van der Waals surface area contributed by atoms with E-state index in [1.807, 2.05) is 49.4 Å². The summed E-state index contributed by atoms with van der Waals surface area (Å²) in [5.74, 6) is 0.707. The van der Waals surface area contributed by atoms with Crippen molar-refractivity contribution in [1.82, 2.24) is 30.3 Å². The van der Waals surface area contributed by atoms with Crippen LogP contribution in [-0.2, 0) is 16.1 Å². The molecule has 4 aromatic rings. The van der Waals surface area contributed by atoms with Crippen molar-refractivity contribution in [2.75, 3.05) is 17.7 Å². The molecule has 35 heavy (non-hydrogen) atoms. The number of amides is 2. The normalized spacial score (nSPS) is 10.7. The maximum absolute atomic E-state index is 12.4. The van der Waals surface area contributed by atoms with Crippen LogP contribution >= 0.6 is 39.0 Å². The van der Waals surface area contributed by atoms with Gasteiger partial charge >= 0.3 is 0 Å². The van der Waals surface area contributed by atoms with Gasteiger partial charge < -0.3 is 10.1 Å². The molecule has 13 heteroatoms. The summed E-state index contributed by atoms with van der Waals surface area (Å²) in [6.07, 6.45) is 0. The highest BCUT2D eigenvalue weighted by Crippen LogP contribution is 2.24. The first-order valence-corrected chi connectivity index (χ1v) is 12.9. The molecule has 0 radical (unpaired) electrons. The zero-order chi connectivity index (χ0) is 24.6. The van der Waals surface area contributed by atoms with Crippen LogP contribution in [0.25, 0.3) is 5.69 Å². The van der Waals surface area contributed by atoms with Gasteiger partial charge in [-0.05, 0) is 43.3 Å². The minimum atomic E-state index is -0.292. The molecule has 0 atom stereocenters. The molecule has 0 aliphatic heterocycles. The number of benzene rings is 2. The molecule has 0 bridgehead atoms. The van der Waals surface area contributed by atoms with Crippen LogP contribution in [0, 0.1) is 6.92 Å². The summed E-state index contributed by atoms with van der Waals surface area (Å²) in [7, 11) is 0. The maximum Gasteiger partial charge on any atom is 0.258 e. The number of ether oxygens (including phenoxy) is 1. The van der Waals surface area contributed by atoms with Crippen LogP contribution in [-0.4, -0.2) is 49.1 Å². The summed E-state index contributed by atoms with van der Waals surface area (Å²) in [6, 6.07) is 16.7. The Balaban J connectivity index is 1.42. The summed E-state index contributed by atoms with van der Waals surface area (Å²) in [5.41, 5.74) is 0.797. The van der Waals surface area contributed by atoms with Crippen molar-refractivity contribution in [3.8, 4) is 11.4 Å². The Hall–Kier alpha value is -3.29. The standard InChI is InChI=1S/C22H20BrN7O3S2/c1-14-26-28-21(35-14)25-20(32)13-34-22-29-27-18(30(22)16-9-7-15(23)8-10-16)11-24-19(31)12-33-17-5-3-2-4-6-17/h2-10H,11-13H2,1H3,(H,24,31)(H,25,28,32). The van der Waals surface area contributed by atoms with Crippen molar-refractivity contribution in [2.24, 2.45) is 0 Å². The number of thioether (sulfide) groups is 1. The lowest BCUT2D eigenvalue weighted by molar-refractivity contribution is -0.123. The Morgan fingerprint density at radius 2 is 1.80 bits per heavy atom. The molecule has 0 aliphatic carbocycles. The number of hydrogen-bond acceptors (Lipinski definition) is 9. The molecule has 2 N–H and O–H groups in total. The zero-order valence-electron chi connectivity index (χ0n) is 18.5. The summed E-state index contributed by atoms with van der Waals surface area (Å²) >= 11 is 5.97. The third-order valence-electron chi connectivity index (χ3n) is 4.45. The first-order valence-electron chi connectivity index (χ1n) is 10.4. The fourth-order valence-corrected chi connectivity index (χ4v) is 4.53. The van der Waals surface area contributed by atoms with Gasteiger partial charge in [-0.3, -0.25) is 19.5 Å². The van der Waals surface area contributed by atoms with Gasteiger partial charge in [0.25, 0.3) is 5.91 Å². The van der Waals surface area contributed by atoms with Gasteiger partial charge in [0.05, 0.1) is 12.3 Å². The first-order chi connectivity index (χ1) is 17.0. The molecular weight excluding hydrogens is 554 g/mol. The number of para-hydroxylation sites is 1. The van der Waals surface area contributed by atoms with E-state index in [1.54, 1.807) is 16.7 Å². The topological polar surface area (TPSA) is 124 Å². The number of carbonyl (C=O) groups is 2. The van der Waals surface area contributed by atoms with Gasteiger partial charge in [0.15, 0.2) is 17.6 Å². The van der Waals surface area contributed by atoms with Crippen LogP contribution < -0.4 is 15.4 Å². The molecule has 2 heterocycles. The van der Waals surface area contributed by atoms with Gasteiger partial charge in [0.2, 0.25) is 11.0 Å². The van der Waals surface area contributed by atoms with E-state index in [9.17, 15) is 9.59 Å². The molecule has 4 rings (SSSR count). The molecule has 0 aliphatic rings. The number of nitrogens with zero attached hydrogens (tertiary/aromatic N) is 5. The SMILES string of the molecule is Cc1nnc(NC(=O)CSc2nnc(CNC(=O)COc3ccccc3)n2-c2ccc(Br)cc2)s1. The Morgan fingerprint density at radius 3 is 2.51 bits per heavy atom. The minimum Gasteiger partial charge on any atom is -0.484 e. The lowest BCUT2D eigenvalue weighted by atomic mass is 10.3. The van der Waals surface area contributed by atoms with Crippen molar-refractivity contribution in [2.45, 2.75) is 18.6 Å². The third-order valence-corrected chi connectivity index (χ3v) is 6.66. The monoisotopic (exact) mass is 573 g/mol. The molecule has 10 nitrogen and oxygen atoms in total. The number of rotatable bonds is 10. The molecule has 0 saturated carbocycles. The van der Waals surface area contributed by atoms with Crippen LogP contribution in [0.2, 0.25) is 0 Å². The van der Waals surface area contributed by atoms with Gasteiger partial charge in [-0.15, -0.1) is 20.4 Å². The number of halogens is 1. The molecular formula is C22H20BrN7O3S2. The third kappa shape index (κ3) is 7.10. The Morgan fingerprint density at radius 1 is 1.03 bits per heavy atom. The molecule has 0 unspecified atom stereocenters. The maximum atomic E-state index is 12.4. The minimum absolute atomic E-state index is 0.102. The summed E-state index contributed by atoms with van der Waals surface area (Å²) in [6.45, 7) is 1.83. The van der Waals surface area contributed by atoms with Crippen molar-refractivity contribution in [3.63, 3.8) is 0 Å². The predicted octanol–water partition coefficient (Wildman–Crippen LogP) is 3.62. The highest BCUT2D eigenvalue weighted by atomic mass is 79.9. The van der Waals surface area contributed by atoms with E-state index in [0.717, 1.165) is 15.2 Å². The Bertz CT molecular complexity index is 1300. The van der Waals surface area contributed by atoms with Crippen LogP contribution in [0.15, 0.2) is 64.2 Å². The molecule has 2 aromatic carbocycles. The van der Waals surface area contributed by atoms with Gasteiger partial charge in [0.1, 0.15) is 10.8 Å². The Kier molecular flexibility index (Phi) is 8.45. The second-order valence-electron chi connectivity index (χ2n) is 7.05. The van der Waals surface area contributed by atoms with Crippen LogP contribution in [0.5, 0.6) is 5.75 Å². The van der Waals surface area contributed by atoms with E-state index >= 15 is 0 Å². The van der Waals surface area contributed by atoms with Gasteiger partial charge in [-0.25, -0.2) is 0 Å². The van der Waals surface area contributed by atoms with E-state index in [-0.39, 0.29) is 30.7 Å². The number of anilines is 1. The highest BCUT2D eigenvalue weighted by molar-refractivity contribution is 9.10. The molecule has 0 spiro atoms. The number of aromatic nitrogens is 5. The van der Waals surface area contributed by atoms with E-state index in [1.165, 1.54) is 23.1 Å².